The number of carbonyl (C=O) groups is 1. The summed E-state index contributed by atoms with van der Waals surface area (Å²) in [5.41, 5.74) is 0.324. The van der Waals surface area contributed by atoms with Crippen LogP contribution in [-0.2, 0) is 5.41 Å². The second-order valence-electron chi connectivity index (χ2n) is 6.32. The van der Waals surface area contributed by atoms with Crippen LogP contribution in [0.5, 0.6) is 10.9 Å². The number of nitrogens with one attached hydrogen (secondary N) is 1. The summed E-state index contributed by atoms with van der Waals surface area (Å²) in [6.07, 6.45) is -0.587. The van der Waals surface area contributed by atoms with Gasteiger partial charge in [0.1, 0.15) is 5.75 Å². The van der Waals surface area contributed by atoms with Gasteiger partial charge >= 0.3 is 0 Å². The molecule has 2 rings (SSSR count). The van der Waals surface area contributed by atoms with Crippen molar-refractivity contribution in [3.8, 4) is 10.9 Å². The summed E-state index contributed by atoms with van der Waals surface area (Å²) < 4.78 is 9.97. The molecule has 0 aliphatic rings. The highest BCUT2D eigenvalue weighted by atomic mass is 32.1. The zero-order valence-electron chi connectivity index (χ0n) is 13.7. The number of carbonyl (C=O) groups excluding carboxylic acids is 1. The maximum atomic E-state index is 12.0. The van der Waals surface area contributed by atoms with Crippen LogP contribution in [0, 0.1) is 0 Å². The molecular weight excluding hydrogens is 314 g/mol. The van der Waals surface area contributed by atoms with Crippen molar-refractivity contribution in [2.45, 2.75) is 39.2 Å². The first-order chi connectivity index (χ1) is 10.8. The number of amides is 1. The van der Waals surface area contributed by atoms with Crippen LogP contribution >= 0.6 is 11.5 Å². The highest BCUT2D eigenvalue weighted by molar-refractivity contribution is 7.07. The van der Waals surface area contributed by atoms with Crippen LogP contribution in [0.1, 0.15) is 43.9 Å². The summed E-state index contributed by atoms with van der Waals surface area (Å²) in [4.78, 5) is 16.3. The molecule has 1 unspecified atom stereocenters. The lowest BCUT2D eigenvalue weighted by Gasteiger charge is -2.12. The van der Waals surface area contributed by atoms with Crippen molar-refractivity contribution >= 4 is 17.4 Å². The van der Waals surface area contributed by atoms with Crippen molar-refractivity contribution in [3.63, 3.8) is 0 Å². The van der Waals surface area contributed by atoms with Gasteiger partial charge in [-0.05, 0) is 25.1 Å². The molecule has 0 spiro atoms. The van der Waals surface area contributed by atoms with Crippen molar-refractivity contribution < 1.29 is 14.6 Å². The smallest absolute Gasteiger partial charge is 0.298 e. The normalized spacial score (nSPS) is 12.7. The topological polar surface area (TPSA) is 84.3 Å². The molecule has 0 bridgehead atoms. The molecule has 2 N–H and O–H groups in total. The molecular formula is C16H21N3O3S. The summed E-state index contributed by atoms with van der Waals surface area (Å²) in [6.45, 7) is 7.92. The molecule has 1 aromatic heterocycles. The Morgan fingerprint density at radius 1 is 1.43 bits per heavy atom. The second-order valence-corrected chi connectivity index (χ2v) is 7.04. The van der Waals surface area contributed by atoms with E-state index < -0.39 is 6.10 Å². The fourth-order valence-corrected chi connectivity index (χ4v) is 2.44. The van der Waals surface area contributed by atoms with Gasteiger partial charge in [-0.3, -0.25) is 4.79 Å². The predicted octanol–water partition coefficient (Wildman–Crippen LogP) is 2.74. The van der Waals surface area contributed by atoms with E-state index in [2.05, 4.69) is 14.7 Å². The lowest BCUT2D eigenvalue weighted by atomic mass is 9.96. The van der Waals surface area contributed by atoms with E-state index in [1.54, 1.807) is 31.2 Å². The molecule has 1 amide bonds. The number of benzene rings is 1. The first-order valence-corrected chi connectivity index (χ1v) is 8.11. The molecule has 0 aliphatic carbocycles. The number of hydrogen-bond donors (Lipinski definition) is 2. The van der Waals surface area contributed by atoms with Crippen molar-refractivity contribution in [3.05, 3.63) is 35.7 Å². The Labute approximate surface area is 139 Å². The van der Waals surface area contributed by atoms with Crippen LogP contribution < -0.4 is 10.1 Å². The Morgan fingerprint density at radius 2 is 2.17 bits per heavy atom. The van der Waals surface area contributed by atoms with Gasteiger partial charge in [-0.1, -0.05) is 26.8 Å². The highest BCUT2D eigenvalue weighted by Gasteiger charge is 2.20. The average Bonchev–Trinajstić information content (AvgIpc) is 2.93. The van der Waals surface area contributed by atoms with E-state index in [9.17, 15) is 9.90 Å². The van der Waals surface area contributed by atoms with E-state index in [-0.39, 0.29) is 17.9 Å². The van der Waals surface area contributed by atoms with Crippen molar-refractivity contribution in [1.82, 2.24) is 14.7 Å². The van der Waals surface area contributed by atoms with Crippen LogP contribution in [0.4, 0.5) is 0 Å². The number of nitrogens with zero attached hydrogens (tertiary/aromatic N) is 2. The standard InChI is InChI=1S/C16H21N3O3S/c1-10(20)9-17-13(21)11-6-5-7-12(8-11)22-15-18-14(19-23-15)16(2,3)4/h5-8,10,20H,9H2,1-4H3,(H,17,21). The quantitative estimate of drug-likeness (QED) is 0.878. The summed E-state index contributed by atoms with van der Waals surface area (Å²) in [7, 11) is 0. The minimum absolute atomic E-state index is 0.138. The Morgan fingerprint density at radius 3 is 2.78 bits per heavy atom. The fourth-order valence-electron chi connectivity index (χ4n) is 1.70. The maximum Gasteiger partial charge on any atom is 0.298 e. The third-order valence-electron chi connectivity index (χ3n) is 2.94. The predicted molar refractivity (Wildman–Crippen MR) is 89.1 cm³/mol. The molecule has 1 heterocycles. The average molecular weight is 335 g/mol. The molecule has 7 heteroatoms. The van der Waals surface area contributed by atoms with E-state index in [0.29, 0.717) is 16.5 Å². The molecule has 124 valence electrons. The first-order valence-electron chi connectivity index (χ1n) is 7.34. The maximum absolute atomic E-state index is 12.0. The number of aromatic nitrogens is 2. The summed E-state index contributed by atoms with van der Waals surface area (Å²) in [5.74, 6) is 0.985. The number of aliphatic hydroxyl groups is 1. The van der Waals surface area contributed by atoms with E-state index in [1.807, 2.05) is 20.8 Å². The number of rotatable bonds is 5. The third-order valence-corrected chi connectivity index (χ3v) is 3.53. The number of aliphatic hydroxyl groups excluding tert-OH is 1. The van der Waals surface area contributed by atoms with E-state index in [1.165, 1.54) is 11.5 Å². The lowest BCUT2D eigenvalue weighted by molar-refractivity contribution is 0.0923. The molecule has 0 fully saturated rings. The largest absolute Gasteiger partial charge is 0.430 e. The van der Waals surface area contributed by atoms with Crippen LogP contribution in [-0.4, -0.2) is 33.0 Å². The molecule has 1 aromatic carbocycles. The van der Waals surface area contributed by atoms with Gasteiger partial charge in [0.15, 0.2) is 5.82 Å². The third kappa shape index (κ3) is 5.01. The minimum atomic E-state index is -0.587. The SMILES string of the molecule is CC(O)CNC(=O)c1cccc(Oc2nc(C(C)(C)C)ns2)c1. The fraction of sp³-hybridized carbons (Fsp3) is 0.438. The number of hydrogen-bond acceptors (Lipinski definition) is 6. The second kappa shape index (κ2) is 7.06. The van der Waals surface area contributed by atoms with Gasteiger partial charge in [0.05, 0.1) is 6.10 Å². The molecule has 0 radical (unpaired) electrons. The zero-order chi connectivity index (χ0) is 17.0. The zero-order valence-corrected chi connectivity index (χ0v) is 14.5. The monoisotopic (exact) mass is 335 g/mol. The Hall–Kier alpha value is -1.99. The molecule has 23 heavy (non-hydrogen) atoms. The van der Waals surface area contributed by atoms with Gasteiger partial charge in [-0.25, -0.2) is 0 Å². The van der Waals surface area contributed by atoms with Gasteiger partial charge < -0.3 is 15.2 Å². The van der Waals surface area contributed by atoms with E-state index in [4.69, 9.17) is 4.74 Å². The first kappa shape index (κ1) is 17.4. The van der Waals surface area contributed by atoms with Crippen molar-refractivity contribution in [2.75, 3.05) is 6.54 Å². The Bertz CT molecular complexity index is 677. The van der Waals surface area contributed by atoms with Crippen LogP contribution in [0.15, 0.2) is 24.3 Å². The van der Waals surface area contributed by atoms with Crippen LogP contribution in [0.3, 0.4) is 0 Å². The minimum Gasteiger partial charge on any atom is -0.430 e. The van der Waals surface area contributed by atoms with E-state index in [0.717, 1.165) is 5.82 Å². The van der Waals surface area contributed by atoms with Crippen LogP contribution in [0.2, 0.25) is 0 Å². The number of ether oxygens (including phenoxy) is 1. The van der Waals surface area contributed by atoms with Gasteiger partial charge in [0, 0.05) is 29.1 Å². The molecule has 1 atom stereocenters. The van der Waals surface area contributed by atoms with Crippen LogP contribution in [0.25, 0.3) is 0 Å². The van der Waals surface area contributed by atoms with Gasteiger partial charge in [0.2, 0.25) is 0 Å². The molecule has 0 saturated carbocycles. The van der Waals surface area contributed by atoms with Crippen molar-refractivity contribution in [1.29, 1.82) is 0 Å². The lowest BCUT2D eigenvalue weighted by Crippen LogP contribution is -2.30. The van der Waals surface area contributed by atoms with Gasteiger partial charge in [-0.15, -0.1) is 0 Å². The Kier molecular flexibility index (Phi) is 5.33. The summed E-state index contributed by atoms with van der Waals surface area (Å²) in [5, 5.41) is 12.3. The van der Waals surface area contributed by atoms with E-state index >= 15 is 0 Å². The van der Waals surface area contributed by atoms with Gasteiger partial charge in [0.25, 0.3) is 11.1 Å². The summed E-state index contributed by atoms with van der Waals surface area (Å²) >= 11 is 1.18. The highest BCUT2D eigenvalue weighted by Crippen LogP contribution is 2.28. The van der Waals surface area contributed by atoms with Gasteiger partial charge in [-0.2, -0.15) is 9.36 Å². The Balaban J connectivity index is 2.08. The summed E-state index contributed by atoms with van der Waals surface area (Å²) in [6, 6.07) is 6.81. The molecule has 0 aliphatic heterocycles. The molecule has 2 aromatic rings. The molecule has 0 saturated heterocycles. The van der Waals surface area contributed by atoms with Crippen molar-refractivity contribution in [2.24, 2.45) is 0 Å². The molecule has 6 nitrogen and oxygen atoms in total.